The van der Waals surface area contributed by atoms with Crippen molar-refractivity contribution in [2.75, 3.05) is 5.32 Å². The Labute approximate surface area is 137 Å². The van der Waals surface area contributed by atoms with E-state index in [-0.39, 0.29) is 15.7 Å². The van der Waals surface area contributed by atoms with Crippen LogP contribution in [0.1, 0.15) is 6.92 Å². The van der Waals surface area contributed by atoms with Gasteiger partial charge in [0.1, 0.15) is 0 Å². The van der Waals surface area contributed by atoms with Gasteiger partial charge in [0.25, 0.3) is 0 Å². The third kappa shape index (κ3) is 3.73. The summed E-state index contributed by atoms with van der Waals surface area (Å²) in [5.41, 5.74) is 5.87. The lowest BCUT2D eigenvalue weighted by Gasteiger charge is -2.10. The summed E-state index contributed by atoms with van der Waals surface area (Å²) in [6.45, 7) is 1.55. The molecule has 1 amide bonds. The summed E-state index contributed by atoms with van der Waals surface area (Å²) in [6, 6.07) is 11.8. The van der Waals surface area contributed by atoms with Gasteiger partial charge in [0.15, 0.2) is 0 Å². The summed E-state index contributed by atoms with van der Waals surface area (Å²) in [6.07, 6.45) is 0. The molecular formula is C15H15BrN2O3S. The Hall–Kier alpha value is -1.70. The van der Waals surface area contributed by atoms with Gasteiger partial charge < -0.3 is 11.1 Å². The van der Waals surface area contributed by atoms with Crippen molar-refractivity contribution in [1.82, 2.24) is 0 Å². The summed E-state index contributed by atoms with van der Waals surface area (Å²) in [4.78, 5) is 11.9. The molecule has 0 heterocycles. The molecule has 0 spiro atoms. The average Bonchev–Trinajstić information content (AvgIpc) is 2.48. The molecule has 0 aliphatic heterocycles. The minimum Gasteiger partial charge on any atom is -0.325 e. The fourth-order valence-corrected chi connectivity index (χ4v) is 3.32. The van der Waals surface area contributed by atoms with Crippen molar-refractivity contribution in [1.29, 1.82) is 0 Å². The van der Waals surface area contributed by atoms with Gasteiger partial charge in [-0.15, -0.1) is 0 Å². The maximum Gasteiger partial charge on any atom is 0.240 e. The SMILES string of the molecule is CC(N)C(=O)Nc1cccc(S(=O)(=O)c2ccc(Br)cc2)c1. The van der Waals surface area contributed by atoms with Crippen molar-refractivity contribution in [3.05, 3.63) is 53.0 Å². The second-order valence-corrected chi connectivity index (χ2v) is 7.63. The predicted octanol–water partition coefficient (Wildman–Crippen LogP) is 2.57. The van der Waals surface area contributed by atoms with Crippen LogP contribution < -0.4 is 11.1 Å². The second-order valence-electron chi connectivity index (χ2n) is 4.76. The number of carbonyl (C=O) groups excluding carboxylic acids is 1. The zero-order valence-electron chi connectivity index (χ0n) is 11.8. The molecule has 0 fully saturated rings. The largest absolute Gasteiger partial charge is 0.325 e. The normalized spacial score (nSPS) is 12.7. The first-order valence-corrected chi connectivity index (χ1v) is 8.75. The van der Waals surface area contributed by atoms with E-state index in [1.165, 1.54) is 24.3 Å². The number of nitrogens with two attached hydrogens (primary N) is 1. The maximum atomic E-state index is 12.6. The van der Waals surface area contributed by atoms with Crippen molar-refractivity contribution in [3.8, 4) is 0 Å². The third-order valence-corrected chi connectivity index (χ3v) is 5.25. The molecule has 0 aliphatic carbocycles. The van der Waals surface area contributed by atoms with Crippen LogP contribution in [0.15, 0.2) is 62.8 Å². The molecule has 2 aromatic rings. The number of amides is 1. The van der Waals surface area contributed by atoms with Gasteiger partial charge in [0.05, 0.1) is 15.8 Å². The quantitative estimate of drug-likeness (QED) is 0.849. The maximum absolute atomic E-state index is 12.6. The lowest BCUT2D eigenvalue weighted by atomic mass is 10.3. The number of anilines is 1. The summed E-state index contributed by atoms with van der Waals surface area (Å²) in [5, 5.41) is 2.58. The van der Waals surface area contributed by atoms with E-state index in [1.807, 2.05) is 0 Å². The van der Waals surface area contributed by atoms with Crippen LogP contribution in [-0.2, 0) is 14.6 Å². The number of nitrogens with one attached hydrogen (secondary N) is 1. The fraction of sp³-hybridized carbons (Fsp3) is 0.133. The van der Waals surface area contributed by atoms with Crippen molar-refractivity contribution < 1.29 is 13.2 Å². The summed E-state index contributed by atoms with van der Waals surface area (Å²) >= 11 is 3.27. The smallest absolute Gasteiger partial charge is 0.240 e. The number of rotatable bonds is 4. The molecule has 1 atom stereocenters. The first kappa shape index (κ1) is 16.7. The molecule has 22 heavy (non-hydrogen) atoms. The Morgan fingerprint density at radius 1 is 1.14 bits per heavy atom. The molecule has 0 saturated heterocycles. The molecule has 0 radical (unpaired) electrons. The summed E-state index contributed by atoms with van der Waals surface area (Å²) in [7, 11) is -3.64. The Balaban J connectivity index is 2.36. The number of sulfone groups is 1. The Bertz CT molecular complexity index is 787. The van der Waals surface area contributed by atoms with E-state index < -0.39 is 15.9 Å². The van der Waals surface area contributed by atoms with Crippen LogP contribution >= 0.6 is 15.9 Å². The van der Waals surface area contributed by atoms with Crippen molar-refractivity contribution >= 4 is 37.4 Å². The summed E-state index contributed by atoms with van der Waals surface area (Å²) < 4.78 is 25.9. The predicted molar refractivity (Wildman–Crippen MR) is 88.3 cm³/mol. The molecule has 2 aromatic carbocycles. The molecule has 0 bridgehead atoms. The van der Waals surface area contributed by atoms with Crippen LogP contribution in [0.2, 0.25) is 0 Å². The molecule has 0 aromatic heterocycles. The molecule has 5 nitrogen and oxygen atoms in total. The van der Waals surface area contributed by atoms with Crippen molar-refractivity contribution in [2.45, 2.75) is 22.8 Å². The second kappa shape index (κ2) is 6.60. The van der Waals surface area contributed by atoms with Gasteiger partial charge in [-0.2, -0.15) is 0 Å². The molecule has 1 unspecified atom stereocenters. The van der Waals surface area contributed by atoms with Gasteiger partial charge in [0, 0.05) is 10.2 Å². The lowest BCUT2D eigenvalue weighted by molar-refractivity contribution is -0.117. The topological polar surface area (TPSA) is 89.3 Å². The van der Waals surface area contributed by atoms with Crippen LogP contribution in [0.4, 0.5) is 5.69 Å². The zero-order chi connectivity index (χ0) is 16.3. The van der Waals surface area contributed by atoms with Gasteiger partial charge in [-0.3, -0.25) is 4.79 Å². The average molecular weight is 383 g/mol. The number of hydrogen-bond acceptors (Lipinski definition) is 4. The Morgan fingerprint density at radius 2 is 1.77 bits per heavy atom. The lowest BCUT2D eigenvalue weighted by Crippen LogP contribution is -2.32. The van der Waals surface area contributed by atoms with E-state index in [9.17, 15) is 13.2 Å². The molecule has 3 N–H and O–H groups in total. The monoisotopic (exact) mass is 382 g/mol. The third-order valence-electron chi connectivity index (χ3n) is 2.95. The number of benzene rings is 2. The first-order chi connectivity index (χ1) is 10.3. The van der Waals surface area contributed by atoms with Crippen LogP contribution in [0.5, 0.6) is 0 Å². The molecular weight excluding hydrogens is 368 g/mol. The van der Waals surface area contributed by atoms with E-state index >= 15 is 0 Å². The highest BCUT2D eigenvalue weighted by molar-refractivity contribution is 9.10. The van der Waals surface area contributed by atoms with Crippen LogP contribution in [0.3, 0.4) is 0 Å². The minimum absolute atomic E-state index is 0.109. The summed E-state index contributed by atoms with van der Waals surface area (Å²) in [5.74, 6) is -0.377. The van der Waals surface area contributed by atoms with Gasteiger partial charge in [0.2, 0.25) is 15.7 Å². The molecule has 0 aliphatic rings. The molecule has 7 heteroatoms. The highest BCUT2D eigenvalue weighted by Gasteiger charge is 2.18. The number of hydrogen-bond donors (Lipinski definition) is 2. The molecule has 2 rings (SSSR count). The van der Waals surface area contributed by atoms with Gasteiger partial charge in [-0.25, -0.2) is 8.42 Å². The molecule has 0 saturated carbocycles. The number of halogens is 1. The van der Waals surface area contributed by atoms with Crippen molar-refractivity contribution in [3.63, 3.8) is 0 Å². The van der Waals surface area contributed by atoms with E-state index in [0.717, 1.165) is 4.47 Å². The fourth-order valence-electron chi connectivity index (χ4n) is 1.75. The molecule has 116 valence electrons. The Kier molecular flexibility index (Phi) is 5.00. The minimum atomic E-state index is -3.64. The van der Waals surface area contributed by atoms with E-state index in [0.29, 0.717) is 5.69 Å². The highest BCUT2D eigenvalue weighted by Crippen LogP contribution is 2.24. The zero-order valence-corrected chi connectivity index (χ0v) is 14.2. The highest BCUT2D eigenvalue weighted by atomic mass is 79.9. The Morgan fingerprint density at radius 3 is 2.36 bits per heavy atom. The first-order valence-electron chi connectivity index (χ1n) is 6.48. The standard InChI is InChI=1S/C15H15BrN2O3S/c1-10(17)15(19)18-12-3-2-4-14(9-12)22(20,21)13-7-5-11(16)6-8-13/h2-10H,17H2,1H3,(H,18,19). The van der Waals surface area contributed by atoms with Crippen LogP contribution in [0, 0.1) is 0 Å². The van der Waals surface area contributed by atoms with Crippen molar-refractivity contribution in [2.24, 2.45) is 5.73 Å². The van der Waals surface area contributed by atoms with Gasteiger partial charge in [-0.1, -0.05) is 22.0 Å². The van der Waals surface area contributed by atoms with E-state index in [4.69, 9.17) is 5.73 Å². The van der Waals surface area contributed by atoms with Gasteiger partial charge >= 0.3 is 0 Å². The van der Waals surface area contributed by atoms with Crippen LogP contribution in [-0.4, -0.2) is 20.4 Å². The van der Waals surface area contributed by atoms with E-state index in [2.05, 4.69) is 21.2 Å². The number of carbonyl (C=O) groups is 1. The van der Waals surface area contributed by atoms with Crippen LogP contribution in [0.25, 0.3) is 0 Å². The van der Waals surface area contributed by atoms with E-state index in [1.54, 1.807) is 31.2 Å². The van der Waals surface area contributed by atoms with Gasteiger partial charge in [-0.05, 0) is 49.4 Å².